The molecule has 1 saturated heterocycles. The molecule has 0 N–H and O–H groups in total. The molecule has 1 fully saturated rings. The summed E-state index contributed by atoms with van der Waals surface area (Å²) in [6.45, 7) is 5.02. The van der Waals surface area contributed by atoms with E-state index in [4.69, 9.17) is 0 Å². The number of carbonyl (C=O) groups is 1. The van der Waals surface area contributed by atoms with Crippen LogP contribution in [0.2, 0.25) is 0 Å². The standard InChI is InChI=1S/C15H19N3O/c1-3-6-12-9-17(15(19)11(12)2)18-10-16-13-7-4-5-8-14(13)18/h4-5,7-8,10-12H,3,6,9H2,1-2H3. The molecule has 4 heteroatoms. The van der Waals surface area contributed by atoms with Crippen molar-refractivity contribution in [2.45, 2.75) is 26.7 Å². The third-order valence-corrected chi connectivity index (χ3v) is 4.11. The van der Waals surface area contributed by atoms with Crippen molar-refractivity contribution in [1.29, 1.82) is 0 Å². The molecule has 0 spiro atoms. The fourth-order valence-electron chi connectivity index (χ4n) is 2.95. The summed E-state index contributed by atoms with van der Waals surface area (Å²) in [5.41, 5.74) is 1.93. The minimum Gasteiger partial charge on any atom is -0.273 e. The molecule has 2 atom stereocenters. The van der Waals surface area contributed by atoms with Gasteiger partial charge in [0.2, 0.25) is 5.91 Å². The topological polar surface area (TPSA) is 38.1 Å². The van der Waals surface area contributed by atoms with E-state index in [0.717, 1.165) is 30.4 Å². The van der Waals surface area contributed by atoms with E-state index in [0.29, 0.717) is 5.92 Å². The molecule has 0 bridgehead atoms. The Kier molecular flexibility index (Phi) is 3.01. The monoisotopic (exact) mass is 257 g/mol. The normalized spacial score (nSPS) is 23.5. The highest BCUT2D eigenvalue weighted by Gasteiger charge is 2.37. The summed E-state index contributed by atoms with van der Waals surface area (Å²) in [5.74, 6) is 0.779. The lowest BCUT2D eigenvalue weighted by Gasteiger charge is -2.18. The number of carbonyl (C=O) groups excluding carboxylic acids is 1. The van der Waals surface area contributed by atoms with E-state index in [1.165, 1.54) is 0 Å². The molecule has 100 valence electrons. The quantitative estimate of drug-likeness (QED) is 0.847. The van der Waals surface area contributed by atoms with E-state index >= 15 is 0 Å². The van der Waals surface area contributed by atoms with Gasteiger partial charge in [-0.25, -0.2) is 14.7 Å². The lowest BCUT2D eigenvalue weighted by Crippen LogP contribution is -2.36. The molecule has 19 heavy (non-hydrogen) atoms. The van der Waals surface area contributed by atoms with E-state index in [-0.39, 0.29) is 11.8 Å². The molecule has 0 saturated carbocycles. The van der Waals surface area contributed by atoms with Crippen molar-refractivity contribution < 1.29 is 4.79 Å². The molecule has 4 nitrogen and oxygen atoms in total. The number of imidazole rings is 1. The van der Waals surface area contributed by atoms with E-state index in [9.17, 15) is 4.79 Å². The highest BCUT2D eigenvalue weighted by molar-refractivity contribution is 5.92. The van der Waals surface area contributed by atoms with Crippen molar-refractivity contribution in [3.63, 3.8) is 0 Å². The minimum absolute atomic E-state index is 0.112. The third kappa shape index (κ3) is 1.91. The second-order valence-corrected chi connectivity index (χ2v) is 5.34. The van der Waals surface area contributed by atoms with Crippen molar-refractivity contribution in [3.05, 3.63) is 30.6 Å². The molecule has 2 aromatic rings. The Balaban J connectivity index is 1.96. The van der Waals surface area contributed by atoms with Crippen LogP contribution in [0.1, 0.15) is 26.7 Å². The number of rotatable bonds is 3. The zero-order chi connectivity index (χ0) is 13.4. The summed E-state index contributed by atoms with van der Waals surface area (Å²) in [4.78, 5) is 16.8. The van der Waals surface area contributed by atoms with E-state index in [1.54, 1.807) is 6.33 Å². The molecule has 1 amide bonds. The predicted octanol–water partition coefficient (Wildman–Crippen LogP) is 2.57. The Morgan fingerprint density at radius 2 is 2.16 bits per heavy atom. The SMILES string of the molecule is CCCC1CN(n2cnc3ccccc32)C(=O)C1C. The molecule has 1 aliphatic rings. The van der Waals surface area contributed by atoms with Crippen molar-refractivity contribution in [1.82, 2.24) is 9.66 Å². The van der Waals surface area contributed by atoms with Crippen molar-refractivity contribution in [3.8, 4) is 0 Å². The summed E-state index contributed by atoms with van der Waals surface area (Å²) in [6, 6.07) is 7.93. The van der Waals surface area contributed by atoms with Gasteiger partial charge in [0.25, 0.3) is 0 Å². The Bertz CT molecular complexity index is 604. The molecule has 1 aromatic carbocycles. The van der Waals surface area contributed by atoms with E-state index in [2.05, 4.69) is 11.9 Å². The average Bonchev–Trinajstić information content (AvgIpc) is 2.96. The van der Waals surface area contributed by atoms with Gasteiger partial charge in [0.15, 0.2) is 0 Å². The highest BCUT2D eigenvalue weighted by atomic mass is 16.2. The van der Waals surface area contributed by atoms with Crippen LogP contribution >= 0.6 is 0 Å². The van der Waals surface area contributed by atoms with E-state index in [1.807, 2.05) is 40.9 Å². The molecule has 0 aliphatic carbocycles. The van der Waals surface area contributed by atoms with Crippen LogP contribution in [0.4, 0.5) is 0 Å². The first kappa shape index (κ1) is 12.2. The van der Waals surface area contributed by atoms with Gasteiger partial charge >= 0.3 is 0 Å². The zero-order valence-corrected chi connectivity index (χ0v) is 11.4. The Labute approximate surface area is 113 Å². The summed E-state index contributed by atoms with van der Waals surface area (Å²) < 4.78 is 1.91. The lowest BCUT2D eigenvalue weighted by molar-refractivity contribution is -0.121. The number of benzene rings is 1. The van der Waals surface area contributed by atoms with Crippen LogP contribution in [0.5, 0.6) is 0 Å². The molecule has 1 aliphatic heterocycles. The summed E-state index contributed by atoms with van der Waals surface area (Å²) >= 11 is 0. The number of para-hydroxylation sites is 2. The molecular weight excluding hydrogens is 238 g/mol. The first-order valence-corrected chi connectivity index (χ1v) is 6.96. The van der Waals surface area contributed by atoms with Gasteiger partial charge in [-0.2, -0.15) is 0 Å². The molecule has 1 aromatic heterocycles. The Morgan fingerprint density at radius 1 is 1.37 bits per heavy atom. The average molecular weight is 257 g/mol. The van der Waals surface area contributed by atoms with Gasteiger partial charge in [-0.05, 0) is 24.5 Å². The smallest absolute Gasteiger partial charge is 0.244 e. The van der Waals surface area contributed by atoms with Gasteiger partial charge in [-0.1, -0.05) is 32.4 Å². The number of aromatic nitrogens is 2. The fraction of sp³-hybridized carbons (Fsp3) is 0.467. The van der Waals surface area contributed by atoms with Crippen LogP contribution in [0.3, 0.4) is 0 Å². The van der Waals surface area contributed by atoms with Crippen LogP contribution in [-0.4, -0.2) is 22.1 Å². The number of hydrogen-bond donors (Lipinski definition) is 0. The first-order valence-electron chi connectivity index (χ1n) is 6.96. The summed E-state index contributed by atoms with van der Waals surface area (Å²) in [5, 5.41) is 1.85. The van der Waals surface area contributed by atoms with Gasteiger partial charge in [0.05, 0.1) is 11.0 Å². The highest BCUT2D eigenvalue weighted by Crippen LogP contribution is 2.28. The van der Waals surface area contributed by atoms with Crippen molar-refractivity contribution >= 4 is 16.9 Å². The molecule has 0 radical (unpaired) electrons. The fourth-order valence-corrected chi connectivity index (χ4v) is 2.95. The lowest BCUT2D eigenvalue weighted by atomic mass is 9.93. The minimum atomic E-state index is 0.112. The number of amides is 1. The summed E-state index contributed by atoms with van der Waals surface area (Å²) in [7, 11) is 0. The molecule has 3 rings (SSSR count). The summed E-state index contributed by atoms with van der Waals surface area (Å²) in [6.07, 6.45) is 3.99. The third-order valence-electron chi connectivity index (χ3n) is 4.11. The molecule has 2 heterocycles. The molecule has 2 unspecified atom stereocenters. The van der Waals surface area contributed by atoms with Crippen molar-refractivity contribution in [2.24, 2.45) is 11.8 Å². The first-order chi connectivity index (χ1) is 9.22. The van der Waals surface area contributed by atoms with Gasteiger partial charge in [0, 0.05) is 12.5 Å². The van der Waals surface area contributed by atoms with Gasteiger partial charge < -0.3 is 0 Å². The number of fused-ring (bicyclic) bond motifs is 1. The predicted molar refractivity (Wildman–Crippen MR) is 75.4 cm³/mol. The van der Waals surface area contributed by atoms with Crippen LogP contribution in [-0.2, 0) is 4.79 Å². The van der Waals surface area contributed by atoms with Crippen molar-refractivity contribution in [2.75, 3.05) is 11.6 Å². The number of hydrogen-bond acceptors (Lipinski definition) is 2. The maximum Gasteiger partial charge on any atom is 0.244 e. The second-order valence-electron chi connectivity index (χ2n) is 5.34. The van der Waals surface area contributed by atoms with Gasteiger partial charge in [0.1, 0.15) is 6.33 Å². The Morgan fingerprint density at radius 3 is 2.95 bits per heavy atom. The van der Waals surface area contributed by atoms with Crippen LogP contribution in [0.15, 0.2) is 30.6 Å². The molecular formula is C15H19N3O. The van der Waals surface area contributed by atoms with Gasteiger partial charge in [-0.15, -0.1) is 0 Å². The largest absolute Gasteiger partial charge is 0.273 e. The van der Waals surface area contributed by atoms with Gasteiger partial charge in [-0.3, -0.25) is 4.79 Å². The number of nitrogens with zero attached hydrogens (tertiary/aromatic N) is 3. The Hall–Kier alpha value is -1.84. The maximum atomic E-state index is 12.4. The second kappa shape index (κ2) is 4.68. The van der Waals surface area contributed by atoms with Crippen LogP contribution in [0, 0.1) is 11.8 Å². The maximum absolute atomic E-state index is 12.4. The van der Waals surface area contributed by atoms with Crippen LogP contribution in [0.25, 0.3) is 11.0 Å². The van der Waals surface area contributed by atoms with E-state index < -0.39 is 0 Å². The zero-order valence-electron chi connectivity index (χ0n) is 11.4. The van der Waals surface area contributed by atoms with Crippen LogP contribution < -0.4 is 5.01 Å².